The number of nitrogens with zero attached hydrogens (tertiary/aromatic N) is 2. The summed E-state index contributed by atoms with van der Waals surface area (Å²) in [5.41, 5.74) is 1.17. The molecule has 1 fully saturated rings. The molecule has 0 bridgehead atoms. The minimum absolute atomic E-state index is 0.633. The third-order valence-corrected chi connectivity index (χ3v) is 2.49. The molecule has 1 aliphatic rings. The van der Waals surface area contributed by atoms with Gasteiger partial charge in [0.25, 0.3) is 0 Å². The molecule has 1 saturated carbocycles. The Balaban J connectivity index is 2.26. The molecule has 1 aliphatic carbocycles. The van der Waals surface area contributed by atoms with Gasteiger partial charge < -0.3 is 0 Å². The lowest BCUT2D eigenvalue weighted by molar-refractivity contribution is 0.670. The number of aromatic nitrogens is 2. The van der Waals surface area contributed by atoms with Crippen molar-refractivity contribution in [1.82, 2.24) is 9.78 Å². The lowest BCUT2D eigenvalue weighted by atomic mass is 10.3. The molecule has 0 atom stereocenters. The molecule has 0 aliphatic heterocycles. The van der Waals surface area contributed by atoms with Crippen molar-refractivity contribution in [2.45, 2.75) is 32.2 Å². The van der Waals surface area contributed by atoms with Crippen molar-refractivity contribution in [3.8, 4) is 11.8 Å². The second-order valence-corrected chi connectivity index (χ2v) is 3.64. The lowest BCUT2D eigenvalue weighted by Crippen LogP contribution is -2.02. The van der Waals surface area contributed by atoms with Crippen LogP contribution in [0.25, 0.3) is 0 Å². The number of rotatable bonds is 2. The van der Waals surface area contributed by atoms with Crippen molar-refractivity contribution in [2.24, 2.45) is 0 Å². The maximum atomic E-state index is 6.03. The molecular formula is C10H11ClN2. The van der Waals surface area contributed by atoms with E-state index in [2.05, 4.69) is 16.9 Å². The Hall–Kier alpha value is -0.940. The van der Waals surface area contributed by atoms with E-state index >= 15 is 0 Å². The third-order valence-electron chi connectivity index (χ3n) is 2.20. The first kappa shape index (κ1) is 8.65. The monoisotopic (exact) mass is 194 g/mol. The second-order valence-electron chi connectivity index (χ2n) is 3.24. The third kappa shape index (κ3) is 1.71. The zero-order chi connectivity index (χ0) is 9.26. The summed E-state index contributed by atoms with van der Waals surface area (Å²) in [7, 11) is 0. The maximum absolute atomic E-state index is 6.03. The molecular weight excluding hydrogens is 184 g/mol. The molecule has 0 N–H and O–H groups in total. The van der Waals surface area contributed by atoms with Gasteiger partial charge in [-0.25, -0.2) is 0 Å². The highest BCUT2D eigenvalue weighted by atomic mass is 35.5. The van der Waals surface area contributed by atoms with Crippen LogP contribution in [-0.4, -0.2) is 9.78 Å². The van der Waals surface area contributed by atoms with Gasteiger partial charge in [-0.05, 0) is 19.8 Å². The number of halogens is 1. The molecule has 2 rings (SSSR count). The fraction of sp³-hybridized carbons (Fsp3) is 0.500. The van der Waals surface area contributed by atoms with Gasteiger partial charge >= 0.3 is 0 Å². The van der Waals surface area contributed by atoms with Crippen molar-refractivity contribution in [1.29, 1.82) is 0 Å². The molecule has 1 aromatic heterocycles. The molecule has 0 saturated heterocycles. The quantitative estimate of drug-likeness (QED) is 0.662. The fourth-order valence-electron chi connectivity index (χ4n) is 1.41. The largest absolute Gasteiger partial charge is 0.256 e. The van der Waals surface area contributed by atoms with E-state index in [1.807, 2.05) is 11.6 Å². The standard InChI is InChI=1S/C10H11ClN2/c1-2-3-6-13-10(8-4-5-8)9(11)7-12-13/h7-8H,4-6H2,1H3. The van der Waals surface area contributed by atoms with Gasteiger partial charge in [-0.15, -0.1) is 5.92 Å². The molecule has 0 radical (unpaired) electrons. The summed E-state index contributed by atoms with van der Waals surface area (Å²) in [6.07, 6.45) is 4.20. The summed E-state index contributed by atoms with van der Waals surface area (Å²) >= 11 is 6.03. The Morgan fingerprint density at radius 2 is 2.46 bits per heavy atom. The molecule has 0 spiro atoms. The summed E-state index contributed by atoms with van der Waals surface area (Å²) in [5, 5.41) is 4.99. The van der Waals surface area contributed by atoms with Gasteiger partial charge in [0.05, 0.1) is 16.9 Å². The molecule has 1 aromatic rings. The highest BCUT2D eigenvalue weighted by Gasteiger charge is 2.29. The molecule has 3 heteroatoms. The van der Waals surface area contributed by atoms with Crippen molar-refractivity contribution in [3.05, 3.63) is 16.9 Å². The van der Waals surface area contributed by atoms with Crippen LogP contribution in [0.15, 0.2) is 6.20 Å². The van der Waals surface area contributed by atoms with Crippen LogP contribution >= 0.6 is 11.6 Å². The van der Waals surface area contributed by atoms with E-state index < -0.39 is 0 Å². The number of hydrogen-bond donors (Lipinski definition) is 0. The second kappa shape index (κ2) is 3.43. The first-order valence-electron chi connectivity index (χ1n) is 4.43. The van der Waals surface area contributed by atoms with Crippen LogP contribution in [0.3, 0.4) is 0 Å². The highest BCUT2D eigenvalue weighted by Crippen LogP contribution is 2.42. The van der Waals surface area contributed by atoms with Gasteiger partial charge in [0.1, 0.15) is 6.54 Å². The summed E-state index contributed by atoms with van der Waals surface area (Å²) in [6, 6.07) is 0. The predicted octanol–water partition coefficient (Wildman–Crippen LogP) is 2.44. The molecule has 0 aromatic carbocycles. The Morgan fingerprint density at radius 3 is 3.08 bits per heavy atom. The van der Waals surface area contributed by atoms with Crippen LogP contribution < -0.4 is 0 Å². The van der Waals surface area contributed by atoms with Crippen molar-refractivity contribution in [2.75, 3.05) is 0 Å². The average molecular weight is 195 g/mol. The van der Waals surface area contributed by atoms with E-state index in [1.165, 1.54) is 18.5 Å². The minimum Gasteiger partial charge on any atom is -0.256 e. The van der Waals surface area contributed by atoms with Crippen LogP contribution in [0.1, 0.15) is 31.4 Å². The zero-order valence-corrected chi connectivity index (χ0v) is 8.30. The van der Waals surface area contributed by atoms with E-state index in [9.17, 15) is 0 Å². The average Bonchev–Trinajstić information content (AvgIpc) is 2.88. The lowest BCUT2D eigenvalue weighted by Gasteiger charge is -2.01. The fourth-order valence-corrected chi connectivity index (χ4v) is 1.71. The predicted molar refractivity (Wildman–Crippen MR) is 52.7 cm³/mol. The van der Waals surface area contributed by atoms with E-state index in [1.54, 1.807) is 6.20 Å². The van der Waals surface area contributed by atoms with Crippen LogP contribution in [0.4, 0.5) is 0 Å². The Kier molecular flexibility index (Phi) is 2.28. The van der Waals surface area contributed by atoms with Crippen LogP contribution in [-0.2, 0) is 6.54 Å². The van der Waals surface area contributed by atoms with E-state index in [0.29, 0.717) is 12.5 Å². The topological polar surface area (TPSA) is 17.8 Å². The van der Waals surface area contributed by atoms with Gasteiger partial charge in [0.2, 0.25) is 0 Å². The molecule has 0 amide bonds. The first-order valence-corrected chi connectivity index (χ1v) is 4.81. The van der Waals surface area contributed by atoms with E-state index in [4.69, 9.17) is 11.6 Å². The summed E-state index contributed by atoms with van der Waals surface area (Å²) < 4.78 is 1.91. The number of hydrogen-bond acceptors (Lipinski definition) is 1. The summed E-state index contributed by atoms with van der Waals surface area (Å²) in [6.45, 7) is 2.50. The van der Waals surface area contributed by atoms with Crippen molar-refractivity contribution in [3.63, 3.8) is 0 Å². The maximum Gasteiger partial charge on any atom is 0.102 e. The van der Waals surface area contributed by atoms with Crippen molar-refractivity contribution >= 4 is 11.6 Å². The van der Waals surface area contributed by atoms with Gasteiger partial charge in [-0.2, -0.15) is 5.10 Å². The van der Waals surface area contributed by atoms with Crippen LogP contribution in [0.5, 0.6) is 0 Å². The molecule has 0 unspecified atom stereocenters. The van der Waals surface area contributed by atoms with Crippen molar-refractivity contribution < 1.29 is 0 Å². The normalized spacial score (nSPS) is 15.2. The van der Waals surface area contributed by atoms with E-state index in [-0.39, 0.29) is 0 Å². The van der Waals surface area contributed by atoms with Gasteiger partial charge in [-0.3, -0.25) is 4.68 Å². The Bertz CT molecular complexity index is 366. The molecule has 1 heterocycles. The summed E-state index contributed by atoms with van der Waals surface area (Å²) in [5.74, 6) is 6.48. The van der Waals surface area contributed by atoms with Gasteiger partial charge in [0.15, 0.2) is 0 Å². The van der Waals surface area contributed by atoms with Crippen LogP contribution in [0.2, 0.25) is 5.02 Å². The van der Waals surface area contributed by atoms with Gasteiger partial charge in [-0.1, -0.05) is 17.5 Å². The Labute approximate surface area is 82.9 Å². The van der Waals surface area contributed by atoms with E-state index in [0.717, 1.165) is 5.02 Å². The van der Waals surface area contributed by atoms with Crippen LogP contribution in [0, 0.1) is 11.8 Å². The summed E-state index contributed by atoms with van der Waals surface area (Å²) in [4.78, 5) is 0. The minimum atomic E-state index is 0.633. The SMILES string of the molecule is CC#CCn1ncc(Cl)c1C1CC1. The van der Waals surface area contributed by atoms with Gasteiger partial charge in [0, 0.05) is 5.92 Å². The molecule has 68 valence electrons. The zero-order valence-electron chi connectivity index (χ0n) is 7.55. The smallest absolute Gasteiger partial charge is 0.102 e. The highest BCUT2D eigenvalue weighted by molar-refractivity contribution is 6.31. The first-order chi connectivity index (χ1) is 6.33. The Morgan fingerprint density at radius 1 is 1.69 bits per heavy atom. The molecule has 2 nitrogen and oxygen atoms in total. The molecule has 13 heavy (non-hydrogen) atoms.